The normalized spacial score (nSPS) is 20.0. The molecule has 24 heavy (non-hydrogen) atoms. The van der Waals surface area contributed by atoms with Crippen LogP contribution in [0.3, 0.4) is 0 Å². The van der Waals surface area contributed by atoms with Crippen LogP contribution in [0.25, 0.3) is 0 Å². The van der Waals surface area contributed by atoms with E-state index >= 15 is 0 Å². The number of amides is 1. The van der Waals surface area contributed by atoms with Gasteiger partial charge in [-0.3, -0.25) is 0 Å². The summed E-state index contributed by atoms with van der Waals surface area (Å²) in [6.07, 6.45) is 4.75. The summed E-state index contributed by atoms with van der Waals surface area (Å²) < 4.78 is 4.68. The molecule has 0 saturated carbocycles. The van der Waals surface area contributed by atoms with Crippen molar-refractivity contribution in [1.29, 1.82) is 0 Å². The van der Waals surface area contributed by atoms with Crippen LogP contribution in [0.5, 0.6) is 0 Å². The maximum atomic E-state index is 11.5. The lowest BCUT2D eigenvalue weighted by atomic mass is 9.71. The highest BCUT2D eigenvalue weighted by molar-refractivity contribution is 5.89. The van der Waals surface area contributed by atoms with E-state index < -0.39 is 6.09 Å². The van der Waals surface area contributed by atoms with Crippen LogP contribution in [0.2, 0.25) is 0 Å². The molecule has 0 radical (unpaired) electrons. The number of carboxylic acid groups (broad SMARTS) is 1. The van der Waals surface area contributed by atoms with Crippen LogP contribution in [0, 0.1) is 5.41 Å². The smallest absolute Gasteiger partial charge is 0.407 e. The molecule has 2 aliphatic rings. The molecule has 3 rings (SSSR count). The van der Waals surface area contributed by atoms with E-state index in [0.29, 0.717) is 18.7 Å². The van der Waals surface area contributed by atoms with Crippen LogP contribution >= 0.6 is 0 Å². The molecule has 1 aromatic rings. The van der Waals surface area contributed by atoms with Crippen molar-refractivity contribution < 1.29 is 19.4 Å². The quantitative estimate of drug-likeness (QED) is 0.836. The topological polar surface area (TPSA) is 83.0 Å². The van der Waals surface area contributed by atoms with Crippen molar-refractivity contribution in [2.24, 2.45) is 5.41 Å². The number of pyridine rings is 1. The number of piperidine rings is 2. The molecule has 1 amide bonds. The Kier molecular flexibility index (Phi) is 4.59. The van der Waals surface area contributed by atoms with Gasteiger partial charge in [-0.1, -0.05) is 0 Å². The van der Waals surface area contributed by atoms with Crippen LogP contribution in [0.4, 0.5) is 10.6 Å². The van der Waals surface area contributed by atoms with Gasteiger partial charge in [-0.25, -0.2) is 14.6 Å². The number of hydrogen-bond acceptors (Lipinski definition) is 5. The van der Waals surface area contributed by atoms with Crippen molar-refractivity contribution in [2.45, 2.75) is 25.7 Å². The zero-order valence-electron chi connectivity index (χ0n) is 13.9. The van der Waals surface area contributed by atoms with Crippen LogP contribution in [0.1, 0.15) is 36.0 Å². The fourth-order valence-electron chi connectivity index (χ4n) is 3.69. The molecule has 0 atom stereocenters. The van der Waals surface area contributed by atoms with Crippen molar-refractivity contribution in [3.63, 3.8) is 0 Å². The van der Waals surface area contributed by atoms with E-state index in [4.69, 9.17) is 5.11 Å². The highest BCUT2D eigenvalue weighted by atomic mass is 16.5. The van der Waals surface area contributed by atoms with Gasteiger partial charge < -0.3 is 19.6 Å². The predicted octanol–water partition coefficient (Wildman–Crippen LogP) is 2.23. The number of methoxy groups -OCH3 is 1. The second-order valence-electron chi connectivity index (χ2n) is 6.65. The van der Waals surface area contributed by atoms with Crippen LogP contribution in [0.15, 0.2) is 18.3 Å². The summed E-state index contributed by atoms with van der Waals surface area (Å²) in [6.45, 7) is 3.11. The monoisotopic (exact) mass is 333 g/mol. The lowest BCUT2D eigenvalue weighted by Gasteiger charge is -2.46. The molecule has 130 valence electrons. The van der Waals surface area contributed by atoms with E-state index in [-0.39, 0.29) is 11.4 Å². The largest absolute Gasteiger partial charge is 0.465 e. The molecular weight excluding hydrogens is 310 g/mol. The molecule has 2 fully saturated rings. The molecule has 0 aliphatic carbocycles. The Morgan fingerprint density at radius 2 is 1.75 bits per heavy atom. The van der Waals surface area contributed by atoms with E-state index in [1.807, 2.05) is 6.07 Å². The molecular formula is C17H23N3O4. The summed E-state index contributed by atoms with van der Waals surface area (Å²) in [7, 11) is 1.36. The van der Waals surface area contributed by atoms with Gasteiger partial charge in [0.25, 0.3) is 0 Å². The summed E-state index contributed by atoms with van der Waals surface area (Å²) in [5.74, 6) is 0.498. The van der Waals surface area contributed by atoms with Gasteiger partial charge >= 0.3 is 12.1 Å². The van der Waals surface area contributed by atoms with Gasteiger partial charge in [-0.2, -0.15) is 0 Å². The maximum absolute atomic E-state index is 11.5. The molecule has 1 spiro atoms. The number of rotatable bonds is 2. The minimum atomic E-state index is -0.808. The SMILES string of the molecule is COC(=O)c1ccc(N2CCC3(CCN(C(=O)O)CC3)CC2)nc1. The van der Waals surface area contributed by atoms with Crippen molar-refractivity contribution in [2.75, 3.05) is 38.2 Å². The molecule has 0 aromatic carbocycles. The number of nitrogens with zero attached hydrogens (tertiary/aromatic N) is 3. The number of esters is 1. The first kappa shape index (κ1) is 16.5. The predicted molar refractivity (Wildman–Crippen MR) is 88.3 cm³/mol. The van der Waals surface area contributed by atoms with E-state index in [1.165, 1.54) is 12.0 Å². The molecule has 2 aliphatic heterocycles. The summed E-state index contributed by atoms with van der Waals surface area (Å²) in [5, 5.41) is 9.07. The Balaban J connectivity index is 1.57. The molecule has 1 N–H and O–H groups in total. The lowest BCUT2D eigenvalue weighted by Crippen LogP contribution is -2.48. The van der Waals surface area contributed by atoms with Gasteiger partial charge in [0, 0.05) is 32.4 Å². The van der Waals surface area contributed by atoms with Gasteiger partial charge in [0.05, 0.1) is 12.7 Å². The van der Waals surface area contributed by atoms with Gasteiger partial charge in [0.15, 0.2) is 0 Å². The highest BCUT2D eigenvalue weighted by Crippen LogP contribution is 2.41. The third kappa shape index (κ3) is 3.29. The van der Waals surface area contributed by atoms with Crippen molar-refractivity contribution in [3.05, 3.63) is 23.9 Å². The van der Waals surface area contributed by atoms with Crippen molar-refractivity contribution >= 4 is 17.9 Å². The molecule has 0 bridgehead atoms. The Labute approximate surface area is 141 Å². The van der Waals surface area contributed by atoms with Crippen molar-refractivity contribution in [3.8, 4) is 0 Å². The lowest BCUT2D eigenvalue weighted by molar-refractivity contribution is 0.0600. The zero-order valence-corrected chi connectivity index (χ0v) is 13.9. The summed E-state index contributed by atoms with van der Waals surface area (Å²) in [4.78, 5) is 30.6. The van der Waals surface area contributed by atoms with Crippen molar-refractivity contribution in [1.82, 2.24) is 9.88 Å². The molecule has 3 heterocycles. The summed E-state index contributed by atoms with van der Waals surface area (Å²) in [6, 6.07) is 3.60. The van der Waals surface area contributed by atoms with Gasteiger partial charge in [0.1, 0.15) is 5.82 Å². The van der Waals surface area contributed by atoms with E-state index in [1.54, 1.807) is 12.3 Å². The molecule has 7 heteroatoms. The van der Waals surface area contributed by atoms with Crippen LogP contribution < -0.4 is 4.90 Å². The Hall–Kier alpha value is -2.31. The Bertz CT molecular complexity index is 599. The van der Waals surface area contributed by atoms with Gasteiger partial charge in [0.2, 0.25) is 0 Å². The van der Waals surface area contributed by atoms with E-state index in [9.17, 15) is 9.59 Å². The van der Waals surface area contributed by atoms with Crippen LogP contribution in [-0.4, -0.2) is 60.3 Å². The molecule has 0 unspecified atom stereocenters. The number of carbonyl (C=O) groups is 2. The fourth-order valence-corrected chi connectivity index (χ4v) is 3.69. The average molecular weight is 333 g/mol. The van der Waals surface area contributed by atoms with Gasteiger partial charge in [-0.05, 0) is 43.2 Å². The number of hydrogen-bond donors (Lipinski definition) is 1. The standard InChI is InChI=1S/C17H23N3O4/c1-24-15(21)13-2-3-14(18-12-13)19-8-4-17(5-9-19)6-10-20(11-7-17)16(22)23/h2-3,12H,4-11H2,1H3,(H,22,23). The van der Waals surface area contributed by atoms with Crippen LogP contribution in [-0.2, 0) is 4.74 Å². The first-order valence-electron chi connectivity index (χ1n) is 8.30. The zero-order chi connectivity index (χ0) is 17.2. The number of aromatic nitrogens is 1. The third-order valence-corrected chi connectivity index (χ3v) is 5.41. The second kappa shape index (κ2) is 6.67. The number of anilines is 1. The molecule has 1 aromatic heterocycles. The molecule has 2 saturated heterocycles. The Morgan fingerprint density at radius 3 is 2.25 bits per heavy atom. The highest BCUT2D eigenvalue weighted by Gasteiger charge is 2.38. The third-order valence-electron chi connectivity index (χ3n) is 5.41. The minimum Gasteiger partial charge on any atom is -0.465 e. The van der Waals surface area contributed by atoms with Gasteiger partial charge in [-0.15, -0.1) is 0 Å². The number of likely N-dealkylation sites (tertiary alicyclic amines) is 1. The average Bonchev–Trinajstić information content (AvgIpc) is 2.62. The van der Waals surface area contributed by atoms with E-state index in [2.05, 4.69) is 14.6 Å². The summed E-state index contributed by atoms with van der Waals surface area (Å²) >= 11 is 0. The maximum Gasteiger partial charge on any atom is 0.407 e. The number of carbonyl (C=O) groups excluding carboxylic acids is 1. The first-order chi connectivity index (χ1) is 11.5. The first-order valence-corrected chi connectivity index (χ1v) is 8.30. The fraction of sp³-hybridized carbons (Fsp3) is 0.588. The second-order valence-corrected chi connectivity index (χ2v) is 6.65. The summed E-state index contributed by atoms with van der Waals surface area (Å²) in [5.41, 5.74) is 0.727. The Morgan fingerprint density at radius 1 is 1.12 bits per heavy atom. The van der Waals surface area contributed by atoms with E-state index in [0.717, 1.165) is 44.6 Å². The molecule has 7 nitrogen and oxygen atoms in total. The number of ether oxygens (including phenoxy) is 1. The minimum absolute atomic E-state index is 0.272.